The van der Waals surface area contributed by atoms with Gasteiger partial charge in [0.15, 0.2) is 0 Å². The molecule has 1 saturated carbocycles. The van der Waals surface area contributed by atoms with E-state index in [4.69, 9.17) is 0 Å². The van der Waals surface area contributed by atoms with Crippen LogP contribution in [0.3, 0.4) is 0 Å². The Hall–Kier alpha value is -2.77. The van der Waals surface area contributed by atoms with E-state index in [0.29, 0.717) is 11.4 Å². The molecule has 1 fully saturated rings. The van der Waals surface area contributed by atoms with Gasteiger partial charge in [0.25, 0.3) is 0 Å². The van der Waals surface area contributed by atoms with Crippen LogP contribution in [-0.4, -0.2) is 31.0 Å². The second-order valence-corrected chi connectivity index (χ2v) is 9.29. The number of benzene rings is 2. The molecule has 156 valence electrons. The molecule has 7 heteroatoms. The van der Waals surface area contributed by atoms with Gasteiger partial charge in [0.2, 0.25) is 10.0 Å². The van der Waals surface area contributed by atoms with Crippen LogP contribution in [0.25, 0.3) is 11.3 Å². The van der Waals surface area contributed by atoms with Crippen molar-refractivity contribution in [1.29, 1.82) is 0 Å². The minimum Gasteiger partial charge on any atom is -0.370 e. The minimum atomic E-state index is -3.44. The van der Waals surface area contributed by atoms with Crippen molar-refractivity contribution in [3.05, 3.63) is 72.6 Å². The van der Waals surface area contributed by atoms with E-state index in [2.05, 4.69) is 20.0 Å². The fourth-order valence-corrected chi connectivity index (χ4v) is 5.03. The molecule has 0 spiro atoms. The predicted molar refractivity (Wildman–Crippen MR) is 119 cm³/mol. The molecule has 3 aromatic rings. The van der Waals surface area contributed by atoms with Gasteiger partial charge < -0.3 is 5.32 Å². The first-order chi connectivity index (χ1) is 14.6. The summed E-state index contributed by atoms with van der Waals surface area (Å²) in [5, 5.41) is 3.31. The summed E-state index contributed by atoms with van der Waals surface area (Å²) in [7, 11) is -3.44. The topological polar surface area (TPSA) is 84.0 Å². The lowest BCUT2D eigenvalue weighted by atomic mass is 10.1. The van der Waals surface area contributed by atoms with Crippen molar-refractivity contribution in [3.63, 3.8) is 0 Å². The van der Waals surface area contributed by atoms with Crippen LogP contribution < -0.4 is 10.0 Å². The third-order valence-electron chi connectivity index (χ3n) is 5.37. The summed E-state index contributed by atoms with van der Waals surface area (Å²) < 4.78 is 27.8. The number of rotatable bonds is 8. The lowest BCUT2D eigenvalue weighted by Crippen LogP contribution is -2.32. The highest BCUT2D eigenvalue weighted by Crippen LogP contribution is 2.21. The monoisotopic (exact) mass is 422 g/mol. The maximum atomic E-state index is 12.5. The van der Waals surface area contributed by atoms with Crippen LogP contribution in [0.2, 0.25) is 0 Å². The van der Waals surface area contributed by atoms with E-state index in [1.807, 2.05) is 48.5 Å². The molecule has 30 heavy (non-hydrogen) atoms. The van der Waals surface area contributed by atoms with Gasteiger partial charge in [0.05, 0.1) is 10.6 Å². The molecule has 0 radical (unpaired) electrons. The molecule has 0 saturated heterocycles. The maximum absolute atomic E-state index is 12.5. The molecular weight excluding hydrogens is 396 g/mol. The van der Waals surface area contributed by atoms with Gasteiger partial charge >= 0.3 is 0 Å². The van der Waals surface area contributed by atoms with Gasteiger partial charge in [-0.2, -0.15) is 0 Å². The minimum absolute atomic E-state index is 0.0764. The number of hydrogen-bond donors (Lipinski definition) is 2. The van der Waals surface area contributed by atoms with E-state index >= 15 is 0 Å². The van der Waals surface area contributed by atoms with Crippen molar-refractivity contribution in [1.82, 2.24) is 14.7 Å². The van der Waals surface area contributed by atoms with Gasteiger partial charge in [-0.3, -0.25) is 0 Å². The highest BCUT2D eigenvalue weighted by atomic mass is 32.2. The SMILES string of the molecule is O=S(=O)(NC1CCCC1)c1ccc(CCNc2cc(-c3ccccc3)ncn2)cc1. The number of sulfonamides is 1. The number of hydrogen-bond acceptors (Lipinski definition) is 5. The van der Waals surface area contributed by atoms with Crippen molar-refractivity contribution in [2.24, 2.45) is 0 Å². The van der Waals surface area contributed by atoms with Gasteiger partial charge in [0.1, 0.15) is 12.1 Å². The Balaban J connectivity index is 1.32. The fraction of sp³-hybridized carbons (Fsp3) is 0.304. The molecular formula is C23H26N4O2S. The summed E-state index contributed by atoms with van der Waals surface area (Å²) in [6, 6.07) is 19.1. The average molecular weight is 423 g/mol. The Bertz CT molecular complexity index is 1060. The molecule has 1 heterocycles. The zero-order chi connectivity index (χ0) is 20.8. The second kappa shape index (κ2) is 9.36. The van der Waals surface area contributed by atoms with Crippen LogP contribution in [-0.2, 0) is 16.4 Å². The van der Waals surface area contributed by atoms with E-state index < -0.39 is 10.0 Å². The van der Waals surface area contributed by atoms with E-state index in [1.54, 1.807) is 18.5 Å². The third kappa shape index (κ3) is 5.23. The number of aromatic nitrogens is 2. The Kier molecular flexibility index (Phi) is 6.40. The zero-order valence-electron chi connectivity index (χ0n) is 16.8. The smallest absolute Gasteiger partial charge is 0.240 e. The molecule has 2 N–H and O–H groups in total. The Morgan fingerprint density at radius 3 is 2.40 bits per heavy atom. The molecule has 0 aliphatic heterocycles. The first-order valence-electron chi connectivity index (χ1n) is 10.3. The molecule has 0 amide bonds. The second-order valence-electron chi connectivity index (χ2n) is 7.58. The van der Waals surface area contributed by atoms with E-state index in [9.17, 15) is 8.42 Å². The highest BCUT2D eigenvalue weighted by Gasteiger charge is 2.22. The maximum Gasteiger partial charge on any atom is 0.240 e. The summed E-state index contributed by atoms with van der Waals surface area (Å²) in [4.78, 5) is 8.94. The van der Waals surface area contributed by atoms with Crippen molar-refractivity contribution in [3.8, 4) is 11.3 Å². The number of anilines is 1. The lowest BCUT2D eigenvalue weighted by molar-refractivity contribution is 0.552. The van der Waals surface area contributed by atoms with Gasteiger partial charge in [-0.1, -0.05) is 55.3 Å². The van der Waals surface area contributed by atoms with Crippen LogP contribution in [0.5, 0.6) is 0 Å². The van der Waals surface area contributed by atoms with Crippen molar-refractivity contribution in [2.75, 3.05) is 11.9 Å². The molecule has 0 unspecified atom stereocenters. The normalized spacial score (nSPS) is 14.7. The van der Waals surface area contributed by atoms with E-state index in [0.717, 1.165) is 54.7 Å². The lowest BCUT2D eigenvalue weighted by Gasteiger charge is -2.13. The standard InChI is InChI=1S/C23H26N4O2S/c28-30(29,27-20-8-4-5-9-20)21-12-10-18(11-13-21)14-15-24-23-16-22(25-17-26-23)19-6-2-1-3-7-19/h1-3,6-7,10-13,16-17,20,27H,4-5,8-9,14-15H2,(H,24,25,26). The summed E-state index contributed by atoms with van der Waals surface area (Å²) in [5.41, 5.74) is 2.99. The average Bonchev–Trinajstić information content (AvgIpc) is 3.27. The highest BCUT2D eigenvalue weighted by molar-refractivity contribution is 7.89. The van der Waals surface area contributed by atoms with Crippen LogP contribution in [0.4, 0.5) is 5.82 Å². The van der Waals surface area contributed by atoms with Crippen LogP contribution in [0, 0.1) is 0 Å². The molecule has 6 nitrogen and oxygen atoms in total. The van der Waals surface area contributed by atoms with Gasteiger partial charge in [0, 0.05) is 24.2 Å². The van der Waals surface area contributed by atoms with Crippen molar-refractivity contribution in [2.45, 2.75) is 43.0 Å². The van der Waals surface area contributed by atoms with E-state index in [1.165, 1.54) is 0 Å². The number of nitrogens with one attached hydrogen (secondary N) is 2. The summed E-state index contributed by atoms with van der Waals surface area (Å²) in [5.74, 6) is 0.767. The quantitative estimate of drug-likeness (QED) is 0.573. The van der Waals surface area contributed by atoms with Crippen LogP contribution in [0.15, 0.2) is 71.9 Å². The van der Waals surface area contributed by atoms with Crippen LogP contribution >= 0.6 is 0 Å². The molecule has 1 aromatic heterocycles. The van der Waals surface area contributed by atoms with Gasteiger partial charge in [-0.15, -0.1) is 0 Å². The van der Waals surface area contributed by atoms with Crippen molar-refractivity contribution < 1.29 is 8.42 Å². The van der Waals surface area contributed by atoms with Gasteiger partial charge in [-0.25, -0.2) is 23.1 Å². The summed E-state index contributed by atoms with van der Waals surface area (Å²) in [6.45, 7) is 0.692. The molecule has 4 rings (SSSR count). The largest absolute Gasteiger partial charge is 0.370 e. The Morgan fingerprint density at radius 1 is 0.933 bits per heavy atom. The number of nitrogens with zero attached hydrogens (tertiary/aromatic N) is 2. The summed E-state index contributed by atoms with van der Waals surface area (Å²) >= 11 is 0. The van der Waals surface area contributed by atoms with Gasteiger partial charge in [-0.05, 0) is 37.0 Å². The molecule has 2 aromatic carbocycles. The molecule has 0 bridgehead atoms. The van der Waals surface area contributed by atoms with Crippen molar-refractivity contribution >= 4 is 15.8 Å². The zero-order valence-corrected chi connectivity index (χ0v) is 17.6. The van der Waals surface area contributed by atoms with Crippen LogP contribution in [0.1, 0.15) is 31.2 Å². The first-order valence-corrected chi connectivity index (χ1v) is 11.8. The molecule has 1 aliphatic rings. The summed E-state index contributed by atoms with van der Waals surface area (Å²) in [6.07, 6.45) is 6.37. The third-order valence-corrected chi connectivity index (χ3v) is 6.90. The Morgan fingerprint density at radius 2 is 1.67 bits per heavy atom. The first kappa shape index (κ1) is 20.5. The Labute approximate surface area is 177 Å². The van der Waals surface area contributed by atoms with E-state index in [-0.39, 0.29) is 6.04 Å². The fourth-order valence-electron chi connectivity index (χ4n) is 3.72. The predicted octanol–water partition coefficient (Wildman–Crippen LogP) is 4.02. The molecule has 1 aliphatic carbocycles. The molecule has 0 atom stereocenters.